The summed E-state index contributed by atoms with van der Waals surface area (Å²) >= 11 is 11.8. The lowest BCUT2D eigenvalue weighted by atomic mass is 10.0. The van der Waals surface area contributed by atoms with E-state index in [1.165, 1.54) is 12.1 Å². The molecule has 0 spiro atoms. The minimum absolute atomic E-state index is 0.0500. The molecule has 1 aliphatic rings. The lowest BCUT2D eigenvalue weighted by molar-refractivity contribution is 0.0639. The van der Waals surface area contributed by atoms with E-state index in [9.17, 15) is 9.18 Å². The number of likely N-dealkylation sites (tertiary alicyclic amines) is 1. The second-order valence-corrected chi connectivity index (χ2v) is 5.14. The number of rotatable bonds is 2. The first kappa shape index (κ1) is 13.6. The average molecular weight is 290 g/mol. The molecule has 0 N–H and O–H groups in total. The topological polar surface area (TPSA) is 20.3 Å². The molecule has 2 rings (SSSR count). The quantitative estimate of drug-likeness (QED) is 0.760. The van der Waals surface area contributed by atoms with Crippen molar-refractivity contribution in [3.63, 3.8) is 0 Å². The van der Waals surface area contributed by atoms with Crippen LogP contribution in [0.2, 0.25) is 5.02 Å². The molecular weight excluding hydrogens is 276 g/mol. The molecule has 1 saturated heterocycles. The summed E-state index contributed by atoms with van der Waals surface area (Å²) in [6.45, 7) is 0.684. The maximum atomic E-state index is 13.0. The SMILES string of the molecule is O=C(c1ccc(F)cc1Cl)N1CCCCC1CCl. The number of benzene rings is 1. The van der Waals surface area contributed by atoms with Gasteiger partial charge in [-0.3, -0.25) is 4.79 Å². The third-order valence-electron chi connectivity index (χ3n) is 3.23. The second-order valence-electron chi connectivity index (χ2n) is 4.43. The Morgan fingerprint density at radius 3 is 2.89 bits per heavy atom. The smallest absolute Gasteiger partial charge is 0.255 e. The fourth-order valence-electron chi connectivity index (χ4n) is 2.25. The molecule has 1 unspecified atom stereocenters. The molecule has 1 aromatic rings. The normalized spacial score (nSPS) is 19.9. The van der Waals surface area contributed by atoms with Gasteiger partial charge in [0.15, 0.2) is 0 Å². The summed E-state index contributed by atoms with van der Waals surface area (Å²) in [5, 5.41) is 0.152. The molecule has 98 valence electrons. The first-order valence-corrected chi connectivity index (χ1v) is 6.86. The largest absolute Gasteiger partial charge is 0.334 e. The summed E-state index contributed by atoms with van der Waals surface area (Å²) in [7, 11) is 0. The van der Waals surface area contributed by atoms with Gasteiger partial charge in [0, 0.05) is 18.5 Å². The van der Waals surface area contributed by atoms with E-state index in [4.69, 9.17) is 23.2 Å². The monoisotopic (exact) mass is 289 g/mol. The van der Waals surface area contributed by atoms with Crippen LogP contribution in [0.5, 0.6) is 0 Å². The molecule has 1 aromatic carbocycles. The van der Waals surface area contributed by atoms with Crippen molar-refractivity contribution in [3.8, 4) is 0 Å². The number of carbonyl (C=O) groups is 1. The van der Waals surface area contributed by atoms with E-state index in [1.807, 2.05) is 0 Å². The molecule has 5 heteroatoms. The summed E-state index contributed by atoms with van der Waals surface area (Å²) < 4.78 is 13.0. The first-order chi connectivity index (χ1) is 8.63. The molecule has 2 nitrogen and oxygen atoms in total. The Hall–Kier alpha value is -0.800. The molecule has 1 amide bonds. The van der Waals surface area contributed by atoms with Gasteiger partial charge in [-0.1, -0.05) is 11.6 Å². The Balaban J connectivity index is 2.24. The molecule has 1 atom stereocenters. The molecule has 1 heterocycles. The molecule has 18 heavy (non-hydrogen) atoms. The van der Waals surface area contributed by atoms with Crippen molar-refractivity contribution in [1.29, 1.82) is 0 Å². The van der Waals surface area contributed by atoms with Crippen molar-refractivity contribution in [3.05, 3.63) is 34.6 Å². The molecule has 0 saturated carbocycles. The maximum Gasteiger partial charge on any atom is 0.255 e. The summed E-state index contributed by atoms with van der Waals surface area (Å²) in [6.07, 6.45) is 2.96. The van der Waals surface area contributed by atoms with E-state index in [-0.39, 0.29) is 17.0 Å². The Morgan fingerprint density at radius 2 is 2.22 bits per heavy atom. The van der Waals surface area contributed by atoms with E-state index >= 15 is 0 Å². The highest BCUT2D eigenvalue weighted by Crippen LogP contribution is 2.24. The van der Waals surface area contributed by atoms with Crippen LogP contribution >= 0.6 is 23.2 Å². The van der Waals surface area contributed by atoms with Crippen LogP contribution in [0.4, 0.5) is 4.39 Å². The Morgan fingerprint density at radius 1 is 1.44 bits per heavy atom. The van der Waals surface area contributed by atoms with Crippen molar-refractivity contribution < 1.29 is 9.18 Å². The summed E-state index contributed by atoms with van der Waals surface area (Å²) in [5.41, 5.74) is 0.343. The number of hydrogen-bond donors (Lipinski definition) is 0. The zero-order chi connectivity index (χ0) is 13.1. The van der Waals surface area contributed by atoms with Crippen LogP contribution < -0.4 is 0 Å². The van der Waals surface area contributed by atoms with Crippen LogP contribution in [0.15, 0.2) is 18.2 Å². The van der Waals surface area contributed by atoms with Gasteiger partial charge in [-0.25, -0.2) is 4.39 Å². The van der Waals surface area contributed by atoms with Crippen molar-refractivity contribution in [1.82, 2.24) is 4.90 Å². The van der Waals surface area contributed by atoms with Crippen LogP contribution in [0.1, 0.15) is 29.6 Å². The lowest BCUT2D eigenvalue weighted by Gasteiger charge is -2.34. The van der Waals surface area contributed by atoms with Gasteiger partial charge in [0.25, 0.3) is 5.91 Å². The second kappa shape index (κ2) is 5.89. The predicted molar refractivity (Wildman–Crippen MR) is 70.8 cm³/mol. The molecule has 0 bridgehead atoms. The standard InChI is InChI=1S/C13H14Cl2FNO/c14-8-10-3-1-2-6-17(10)13(18)11-5-4-9(16)7-12(11)15/h4-5,7,10H,1-3,6,8H2. The van der Waals surface area contributed by atoms with Gasteiger partial charge < -0.3 is 4.90 Å². The van der Waals surface area contributed by atoms with Gasteiger partial charge in [0.05, 0.1) is 10.6 Å². The fourth-order valence-corrected chi connectivity index (χ4v) is 2.81. The van der Waals surface area contributed by atoms with Crippen LogP contribution in [-0.2, 0) is 0 Å². The minimum Gasteiger partial charge on any atom is -0.334 e. The van der Waals surface area contributed by atoms with Crippen molar-refractivity contribution in [2.75, 3.05) is 12.4 Å². The summed E-state index contributed by atoms with van der Waals surface area (Å²) in [5.74, 6) is -0.181. The predicted octanol–water partition coefficient (Wildman–Crippen LogP) is 3.71. The molecule has 0 aromatic heterocycles. The number of alkyl halides is 1. The number of amides is 1. The van der Waals surface area contributed by atoms with Gasteiger partial charge in [0.2, 0.25) is 0 Å². The van der Waals surface area contributed by atoms with Gasteiger partial charge in [-0.05, 0) is 37.5 Å². The van der Waals surface area contributed by atoms with Crippen LogP contribution in [0.3, 0.4) is 0 Å². The number of halogens is 3. The lowest BCUT2D eigenvalue weighted by Crippen LogP contribution is -2.44. The maximum absolute atomic E-state index is 13.0. The molecule has 1 aliphatic heterocycles. The number of carbonyl (C=O) groups excluding carboxylic acids is 1. The van der Waals surface area contributed by atoms with E-state index in [0.717, 1.165) is 25.3 Å². The van der Waals surface area contributed by atoms with Gasteiger partial charge in [-0.15, -0.1) is 11.6 Å². The molecular formula is C13H14Cl2FNO. The van der Waals surface area contributed by atoms with E-state index in [0.29, 0.717) is 18.0 Å². The zero-order valence-electron chi connectivity index (χ0n) is 9.83. The van der Waals surface area contributed by atoms with Crippen molar-refractivity contribution in [2.45, 2.75) is 25.3 Å². The molecule has 0 aliphatic carbocycles. The van der Waals surface area contributed by atoms with Crippen molar-refractivity contribution in [2.24, 2.45) is 0 Å². The highest BCUT2D eigenvalue weighted by atomic mass is 35.5. The van der Waals surface area contributed by atoms with Gasteiger partial charge in [0.1, 0.15) is 5.82 Å². The Bertz CT molecular complexity index is 453. The number of hydrogen-bond acceptors (Lipinski definition) is 1. The van der Waals surface area contributed by atoms with E-state index in [2.05, 4.69) is 0 Å². The highest BCUT2D eigenvalue weighted by Gasteiger charge is 2.27. The third-order valence-corrected chi connectivity index (χ3v) is 3.90. The zero-order valence-corrected chi connectivity index (χ0v) is 11.3. The van der Waals surface area contributed by atoms with Gasteiger partial charge >= 0.3 is 0 Å². The van der Waals surface area contributed by atoms with Crippen LogP contribution in [-0.4, -0.2) is 29.3 Å². The van der Waals surface area contributed by atoms with Crippen LogP contribution in [0, 0.1) is 5.82 Å². The average Bonchev–Trinajstić information content (AvgIpc) is 2.38. The summed E-state index contributed by atoms with van der Waals surface area (Å²) in [6, 6.07) is 3.89. The van der Waals surface area contributed by atoms with Crippen LogP contribution in [0.25, 0.3) is 0 Å². The highest BCUT2D eigenvalue weighted by molar-refractivity contribution is 6.33. The Labute approximate surface area is 116 Å². The molecule has 1 fully saturated rings. The third kappa shape index (κ3) is 2.78. The number of piperidine rings is 1. The summed E-state index contributed by atoms with van der Waals surface area (Å²) in [4.78, 5) is 14.1. The van der Waals surface area contributed by atoms with Gasteiger partial charge in [-0.2, -0.15) is 0 Å². The fraction of sp³-hybridized carbons (Fsp3) is 0.462. The number of nitrogens with zero attached hydrogens (tertiary/aromatic N) is 1. The molecule has 0 radical (unpaired) electrons. The Kier molecular flexibility index (Phi) is 4.46. The first-order valence-electron chi connectivity index (χ1n) is 5.95. The minimum atomic E-state index is -0.441. The van der Waals surface area contributed by atoms with E-state index < -0.39 is 5.82 Å². The van der Waals surface area contributed by atoms with E-state index in [1.54, 1.807) is 4.90 Å². The van der Waals surface area contributed by atoms with Crippen molar-refractivity contribution >= 4 is 29.1 Å².